The van der Waals surface area contributed by atoms with E-state index in [1.54, 1.807) is 6.20 Å². The lowest BCUT2D eigenvalue weighted by molar-refractivity contribution is -0.0136. The van der Waals surface area contributed by atoms with Crippen molar-refractivity contribution in [2.24, 2.45) is 0 Å². The summed E-state index contributed by atoms with van der Waals surface area (Å²) in [7, 11) is 0. The molecule has 4 rings (SSSR count). The van der Waals surface area contributed by atoms with Gasteiger partial charge in [-0.1, -0.05) is 18.2 Å². The molecule has 1 aromatic carbocycles. The van der Waals surface area contributed by atoms with Crippen LogP contribution in [0.4, 0.5) is 0 Å². The number of nitrogens with one attached hydrogen (secondary N) is 2. The van der Waals surface area contributed by atoms with Gasteiger partial charge in [-0.3, -0.25) is 14.9 Å². The SMILES string of the molecule is Cc1ccc(O[C@H]2COCC[C@H]2NC(=O)c2n[nH]c3ccccc23)cn1. The standard InChI is InChI=1S/C19H20N4O3/c1-12-6-7-13(10-20-12)26-17-11-25-9-8-16(17)21-19(24)18-14-4-2-3-5-15(14)22-23-18/h2-7,10,16-17H,8-9,11H2,1H3,(H,21,24)(H,22,23)/t16-,17+/m1/s1. The molecule has 0 unspecified atom stereocenters. The highest BCUT2D eigenvalue weighted by molar-refractivity contribution is 6.04. The third-order valence-corrected chi connectivity index (χ3v) is 4.48. The van der Waals surface area contributed by atoms with Gasteiger partial charge >= 0.3 is 0 Å². The Balaban J connectivity index is 1.49. The Kier molecular flexibility index (Phi) is 4.53. The van der Waals surface area contributed by atoms with Gasteiger partial charge < -0.3 is 14.8 Å². The van der Waals surface area contributed by atoms with Gasteiger partial charge in [-0.05, 0) is 31.5 Å². The first kappa shape index (κ1) is 16.5. The first-order chi connectivity index (χ1) is 12.7. The van der Waals surface area contributed by atoms with Crippen molar-refractivity contribution >= 4 is 16.8 Å². The van der Waals surface area contributed by atoms with E-state index >= 15 is 0 Å². The number of nitrogens with zero attached hydrogens (tertiary/aromatic N) is 2. The van der Waals surface area contributed by atoms with Gasteiger partial charge in [0.05, 0.1) is 24.4 Å². The summed E-state index contributed by atoms with van der Waals surface area (Å²) >= 11 is 0. The summed E-state index contributed by atoms with van der Waals surface area (Å²) in [5.41, 5.74) is 2.15. The van der Waals surface area contributed by atoms with Crippen LogP contribution in [0.25, 0.3) is 10.9 Å². The molecule has 0 saturated carbocycles. The summed E-state index contributed by atoms with van der Waals surface area (Å²) in [5, 5.41) is 10.9. The van der Waals surface area contributed by atoms with Crippen molar-refractivity contribution in [1.82, 2.24) is 20.5 Å². The second-order valence-electron chi connectivity index (χ2n) is 6.35. The molecule has 0 bridgehead atoms. The van der Waals surface area contributed by atoms with Crippen LogP contribution < -0.4 is 10.1 Å². The molecule has 3 heterocycles. The molecule has 0 spiro atoms. The van der Waals surface area contributed by atoms with Gasteiger partial charge in [-0.25, -0.2) is 0 Å². The average Bonchev–Trinajstić information content (AvgIpc) is 3.09. The normalized spacial score (nSPS) is 20.0. The van der Waals surface area contributed by atoms with Crippen LogP contribution in [0.15, 0.2) is 42.6 Å². The lowest BCUT2D eigenvalue weighted by atomic mass is 10.1. The number of H-pyrrole nitrogens is 1. The van der Waals surface area contributed by atoms with Crippen LogP contribution in [0.3, 0.4) is 0 Å². The van der Waals surface area contributed by atoms with E-state index in [4.69, 9.17) is 9.47 Å². The quantitative estimate of drug-likeness (QED) is 0.752. The number of para-hydroxylation sites is 1. The zero-order chi connectivity index (χ0) is 17.9. The highest BCUT2D eigenvalue weighted by Gasteiger charge is 2.30. The Morgan fingerprint density at radius 1 is 1.31 bits per heavy atom. The molecule has 1 amide bonds. The molecule has 1 saturated heterocycles. The van der Waals surface area contributed by atoms with E-state index in [2.05, 4.69) is 20.5 Å². The van der Waals surface area contributed by atoms with E-state index in [-0.39, 0.29) is 18.1 Å². The average molecular weight is 352 g/mol. The molecule has 2 aromatic heterocycles. The minimum Gasteiger partial charge on any atom is -0.484 e. The largest absolute Gasteiger partial charge is 0.484 e. The number of fused-ring (bicyclic) bond motifs is 1. The number of amides is 1. The Labute approximate surface area is 150 Å². The first-order valence-corrected chi connectivity index (χ1v) is 8.62. The van der Waals surface area contributed by atoms with E-state index in [0.717, 1.165) is 16.6 Å². The van der Waals surface area contributed by atoms with Crippen LogP contribution in [0.5, 0.6) is 5.75 Å². The molecule has 2 atom stereocenters. The minimum atomic E-state index is -0.276. The third kappa shape index (κ3) is 3.39. The van der Waals surface area contributed by atoms with Gasteiger partial charge in [-0.15, -0.1) is 0 Å². The van der Waals surface area contributed by atoms with Gasteiger partial charge in [0.2, 0.25) is 0 Å². The van der Waals surface area contributed by atoms with E-state index in [1.807, 2.05) is 43.3 Å². The van der Waals surface area contributed by atoms with E-state index in [1.165, 1.54) is 0 Å². The fourth-order valence-electron chi connectivity index (χ4n) is 3.07. The van der Waals surface area contributed by atoms with Crippen molar-refractivity contribution in [3.05, 3.63) is 54.0 Å². The van der Waals surface area contributed by atoms with Crippen LogP contribution in [-0.2, 0) is 4.74 Å². The summed E-state index contributed by atoms with van der Waals surface area (Å²) in [6.07, 6.45) is 2.09. The number of benzene rings is 1. The number of hydrogen-bond acceptors (Lipinski definition) is 5. The lowest BCUT2D eigenvalue weighted by Gasteiger charge is -2.32. The van der Waals surface area contributed by atoms with E-state index in [0.29, 0.717) is 31.1 Å². The van der Waals surface area contributed by atoms with Crippen molar-refractivity contribution < 1.29 is 14.3 Å². The van der Waals surface area contributed by atoms with Crippen molar-refractivity contribution in [3.63, 3.8) is 0 Å². The maximum Gasteiger partial charge on any atom is 0.272 e. The molecule has 1 aliphatic rings. The third-order valence-electron chi connectivity index (χ3n) is 4.48. The fourth-order valence-corrected chi connectivity index (χ4v) is 3.07. The van der Waals surface area contributed by atoms with Crippen molar-refractivity contribution in [1.29, 1.82) is 0 Å². The number of aromatic amines is 1. The Morgan fingerprint density at radius 3 is 3.04 bits per heavy atom. The zero-order valence-corrected chi connectivity index (χ0v) is 14.4. The number of carbonyl (C=O) groups excluding carboxylic acids is 1. The van der Waals surface area contributed by atoms with Gasteiger partial charge in [0.25, 0.3) is 5.91 Å². The molecular weight excluding hydrogens is 332 g/mol. The molecule has 134 valence electrons. The molecule has 0 radical (unpaired) electrons. The molecule has 3 aromatic rings. The van der Waals surface area contributed by atoms with Gasteiger partial charge in [0, 0.05) is 17.7 Å². The predicted molar refractivity (Wildman–Crippen MR) is 96.2 cm³/mol. The van der Waals surface area contributed by atoms with Crippen molar-refractivity contribution in [3.8, 4) is 5.75 Å². The Hall–Kier alpha value is -2.93. The zero-order valence-electron chi connectivity index (χ0n) is 14.4. The summed E-state index contributed by atoms with van der Waals surface area (Å²) < 4.78 is 11.5. The summed E-state index contributed by atoms with van der Waals surface area (Å²) in [5.74, 6) is 0.445. The monoisotopic (exact) mass is 352 g/mol. The van der Waals surface area contributed by atoms with E-state index in [9.17, 15) is 4.79 Å². The molecular formula is C19H20N4O3. The molecule has 7 heteroatoms. The Bertz CT molecular complexity index is 907. The predicted octanol–water partition coefficient (Wildman–Crippen LogP) is 2.23. The molecule has 1 fully saturated rings. The summed E-state index contributed by atoms with van der Waals surface area (Å²) in [4.78, 5) is 17.0. The molecule has 7 nitrogen and oxygen atoms in total. The smallest absolute Gasteiger partial charge is 0.272 e. The number of hydrogen-bond donors (Lipinski definition) is 2. The van der Waals surface area contributed by atoms with Gasteiger partial charge in [-0.2, -0.15) is 5.10 Å². The fraction of sp³-hybridized carbons (Fsp3) is 0.316. The second kappa shape index (κ2) is 7.13. The summed E-state index contributed by atoms with van der Waals surface area (Å²) in [6.45, 7) is 2.92. The van der Waals surface area contributed by atoms with Crippen LogP contribution in [0.2, 0.25) is 0 Å². The Morgan fingerprint density at radius 2 is 2.19 bits per heavy atom. The number of aryl methyl sites for hydroxylation is 1. The summed E-state index contributed by atoms with van der Waals surface area (Å²) in [6, 6.07) is 11.2. The van der Waals surface area contributed by atoms with Crippen LogP contribution in [-0.4, -0.2) is 46.4 Å². The number of pyridine rings is 1. The number of aromatic nitrogens is 3. The first-order valence-electron chi connectivity index (χ1n) is 8.62. The highest BCUT2D eigenvalue weighted by atomic mass is 16.5. The molecule has 2 N–H and O–H groups in total. The highest BCUT2D eigenvalue weighted by Crippen LogP contribution is 2.19. The number of rotatable bonds is 4. The minimum absolute atomic E-state index is 0.159. The topological polar surface area (TPSA) is 89.1 Å². The lowest BCUT2D eigenvalue weighted by Crippen LogP contribution is -2.51. The molecule has 0 aliphatic carbocycles. The van der Waals surface area contributed by atoms with Crippen LogP contribution >= 0.6 is 0 Å². The van der Waals surface area contributed by atoms with E-state index < -0.39 is 0 Å². The maximum atomic E-state index is 12.7. The number of ether oxygens (including phenoxy) is 2. The van der Waals surface area contributed by atoms with Crippen LogP contribution in [0, 0.1) is 6.92 Å². The molecule has 1 aliphatic heterocycles. The van der Waals surface area contributed by atoms with Gasteiger partial charge in [0.15, 0.2) is 5.69 Å². The molecule has 26 heavy (non-hydrogen) atoms. The van der Waals surface area contributed by atoms with Crippen molar-refractivity contribution in [2.45, 2.75) is 25.5 Å². The van der Waals surface area contributed by atoms with Crippen LogP contribution in [0.1, 0.15) is 22.6 Å². The number of carbonyl (C=O) groups is 1. The van der Waals surface area contributed by atoms with Gasteiger partial charge in [0.1, 0.15) is 11.9 Å². The second-order valence-corrected chi connectivity index (χ2v) is 6.35. The van der Waals surface area contributed by atoms with Crippen molar-refractivity contribution in [2.75, 3.05) is 13.2 Å². The maximum absolute atomic E-state index is 12.7.